The van der Waals surface area contributed by atoms with E-state index in [-0.39, 0.29) is 48.1 Å². The van der Waals surface area contributed by atoms with Crippen molar-refractivity contribution in [1.29, 1.82) is 0 Å². The molecule has 2 aliphatic heterocycles. The minimum Gasteiger partial charge on any atom is -0.669 e. The van der Waals surface area contributed by atoms with Gasteiger partial charge in [-0.05, 0) is 24.5 Å². The summed E-state index contributed by atoms with van der Waals surface area (Å²) in [5, 5.41) is 32.6. The highest BCUT2D eigenvalue weighted by Gasteiger charge is 2.55. The maximum Gasteiger partial charge on any atom is 0.434 e. The fraction of sp³-hybridized carbons (Fsp3) is 0.571. The van der Waals surface area contributed by atoms with Crippen molar-refractivity contribution in [3.8, 4) is 11.5 Å². The average molecular weight is 477 g/mol. The van der Waals surface area contributed by atoms with Gasteiger partial charge in [0.2, 0.25) is 11.8 Å². The molecule has 13 heteroatoms. The first kappa shape index (κ1) is 24.3. The molecule has 4 rings (SSSR count). The van der Waals surface area contributed by atoms with Gasteiger partial charge in [-0.1, -0.05) is 18.3 Å². The second-order valence-electron chi connectivity index (χ2n) is 9.87. The smallest absolute Gasteiger partial charge is 0.434 e. The van der Waals surface area contributed by atoms with Gasteiger partial charge in [0.1, 0.15) is 23.0 Å². The van der Waals surface area contributed by atoms with Crippen LogP contribution in [0.4, 0.5) is 0 Å². The van der Waals surface area contributed by atoms with Crippen LogP contribution in [0.3, 0.4) is 0 Å². The minimum atomic E-state index is -3.11. The lowest BCUT2D eigenvalue weighted by Crippen LogP contribution is -2.64. The van der Waals surface area contributed by atoms with E-state index >= 15 is 0 Å². The lowest BCUT2D eigenvalue weighted by atomic mass is 9.68. The first-order valence-electron chi connectivity index (χ1n) is 11.1. The van der Waals surface area contributed by atoms with E-state index in [2.05, 4.69) is 5.32 Å². The highest BCUT2D eigenvalue weighted by atomic mass is 16.6. The Hall–Kier alpha value is -2.87. The number of carboxylic acids is 1. The van der Waals surface area contributed by atoms with Crippen LogP contribution in [0.2, 0.25) is 5.82 Å². The zero-order valence-electron chi connectivity index (χ0n) is 19.4. The van der Waals surface area contributed by atoms with Gasteiger partial charge in [0.05, 0.1) is 12.3 Å². The molecule has 186 valence electrons. The number of likely N-dealkylation sites (tertiary alicyclic amines) is 1. The standard InChI is InChI=1S/C21H30BN4O8/c1-21(23,20(30)24-7-16(27)25(2)3)10-26-8-11(9-26)33-15-5-4-12-13-6-14(13)22(31,32)34-18(12)17(15)19(28)29/h4-5,11,13-14,31-32H,6-10,23H2,1-3H3,(H,24,30)(H,28,29)/q-1/t13-,14-,21+/m0/s1. The summed E-state index contributed by atoms with van der Waals surface area (Å²) in [6.45, 7) is -0.647. The summed E-state index contributed by atoms with van der Waals surface area (Å²) in [6.07, 6.45) is 0.187. The van der Waals surface area contributed by atoms with Crippen LogP contribution in [0.5, 0.6) is 11.5 Å². The molecule has 1 saturated heterocycles. The van der Waals surface area contributed by atoms with Crippen LogP contribution in [0.15, 0.2) is 12.1 Å². The summed E-state index contributed by atoms with van der Waals surface area (Å²) in [4.78, 5) is 39.3. The zero-order chi connectivity index (χ0) is 25.0. The number of fused-ring (bicyclic) bond motifs is 3. The molecule has 3 aliphatic rings. The average Bonchev–Trinajstić information content (AvgIpc) is 3.51. The van der Waals surface area contributed by atoms with E-state index in [0.717, 1.165) is 0 Å². The number of carboxylic acid groups (broad SMARTS) is 1. The number of benzene rings is 1. The van der Waals surface area contributed by atoms with Crippen LogP contribution in [-0.2, 0) is 9.59 Å². The van der Waals surface area contributed by atoms with Gasteiger partial charge in [-0.25, -0.2) is 4.79 Å². The number of nitrogens with one attached hydrogen (secondary N) is 1. The van der Waals surface area contributed by atoms with Crippen molar-refractivity contribution in [2.24, 2.45) is 5.73 Å². The number of hydrogen-bond donors (Lipinski definition) is 5. The Morgan fingerprint density at radius 1 is 1.32 bits per heavy atom. The van der Waals surface area contributed by atoms with E-state index in [1.54, 1.807) is 33.2 Å². The topological polar surface area (TPSA) is 175 Å². The van der Waals surface area contributed by atoms with Crippen molar-refractivity contribution < 1.29 is 38.9 Å². The number of carbonyl (C=O) groups excluding carboxylic acids is 2. The van der Waals surface area contributed by atoms with E-state index < -0.39 is 30.0 Å². The van der Waals surface area contributed by atoms with Crippen molar-refractivity contribution in [3.63, 3.8) is 0 Å². The van der Waals surface area contributed by atoms with Gasteiger partial charge in [-0.2, -0.15) is 0 Å². The van der Waals surface area contributed by atoms with Gasteiger partial charge in [0, 0.05) is 33.7 Å². The highest BCUT2D eigenvalue weighted by Crippen LogP contribution is 2.63. The fourth-order valence-corrected chi connectivity index (χ4v) is 4.57. The van der Waals surface area contributed by atoms with E-state index in [4.69, 9.17) is 15.1 Å². The summed E-state index contributed by atoms with van der Waals surface area (Å²) < 4.78 is 11.2. The largest absolute Gasteiger partial charge is 0.669 e. The molecule has 2 amide bonds. The molecule has 6 N–H and O–H groups in total. The maximum absolute atomic E-state index is 12.4. The van der Waals surface area contributed by atoms with Crippen LogP contribution >= 0.6 is 0 Å². The maximum atomic E-state index is 12.4. The van der Waals surface area contributed by atoms with Gasteiger partial charge in [0.25, 0.3) is 0 Å². The molecule has 1 aromatic rings. The zero-order valence-corrected chi connectivity index (χ0v) is 19.4. The third-order valence-corrected chi connectivity index (χ3v) is 6.64. The van der Waals surface area contributed by atoms with Crippen LogP contribution in [0.25, 0.3) is 0 Å². The Morgan fingerprint density at radius 3 is 2.62 bits per heavy atom. The van der Waals surface area contributed by atoms with Crippen molar-refractivity contribution in [1.82, 2.24) is 15.1 Å². The van der Waals surface area contributed by atoms with E-state index in [1.807, 2.05) is 4.90 Å². The van der Waals surface area contributed by atoms with E-state index in [0.29, 0.717) is 25.1 Å². The summed E-state index contributed by atoms with van der Waals surface area (Å²) in [6, 6.07) is 3.28. The Labute approximate surface area is 196 Å². The number of likely N-dealkylation sites (N-methyl/N-ethyl adjacent to an activating group) is 1. The molecule has 0 spiro atoms. The quantitative estimate of drug-likeness (QED) is 0.279. The molecule has 2 fully saturated rings. The van der Waals surface area contributed by atoms with Crippen molar-refractivity contribution in [2.75, 3.05) is 40.3 Å². The Balaban J connectivity index is 1.36. The number of ether oxygens (including phenoxy) is 1. The Kier molecular flexibility index (Phi) is 6.01. The number of amides is 2. The summed E-state index contributed by atoms with van der Waals surface area (Å²) in [5.74, 6) is -2.50. The number of carbonyl (C=O) groups is 3. The number of hydrogen-bond acceptors (Lipinski definition) is 9. The van der Waals surface area contributed by atoms with Crippen LogP contribution in [0.1, 0.15) is 35.2 Å². The molecule has 2 heterocycles. The van der Waals surface area contributed by atoms with E-state index in [1.165, 1.54) is 4.90 Å². The normalized spacial score (nSPS) is 24.4. The van der Waals surface area contributed by atoms with Gasteiger partial charge in [-0.3, -0.25) is 14.5 Å². The molecular weight excluding hydrogens is 447 g/mol. The van der Waals surface area contributed by atoms with Crippen LogP contribution in [-0.4, -0.2) is 101 Å². The molecule has 1 aromatic carbocycles. The van der Waals surface area contributed by atoms with Gasteiger partial charge in [0.15, 0.2) is 0 Å². The number of nitrogens with zero attached hydrogens (tertiary/aromatic N) is 2. The lowest BCUT2D eigenvalue weighted by molar-refractivity contribution is -0.133. The fourth-order valence-electron chi connectivity index (χ4n) is 4.57. The van der Waals surface area contributed by atoms with Crippen molar-refractivity contribution in [3.05, 3.63) is 23.3 Å². The molecule has 0 radical (unpaired) electrons. The number of aromatic carboxylic acids is 1. The van der Waals surface area contributed by atoms with Gasteiger partial charge < -0.3 is 40.5 Å². The third-order valence-electron chi connectivity index (χ3n) is 6.64. The first-order chi connectivity index (χ1) is 15.8. The Morgan fingerprint density at radius 2 is 2.00 bits per heavy atom. The monoisotopic (exact) mass is 477 g/mol. The summed E-state index contributed by atoms with van der Waals surface area (Å²) >= 11 is 0. The minimum absolute atomic E-state index is 0.0524. The van der Waals surface area contributed by atoms with Crippen LogP contribution in [0, 0.1) is 0 Å². The second kappa shape index (κ2) is 8.41. The SMILES string of the molecule is CN(C)C(=O)CNC(=O)[C@](C)(N)CN1CC(Oc2ccc3c(c2C(=O)O)O[B-](O)(O)[C@H]2C[C@@H]32)C1. The number of rotatable bonds is 8. The molecule has 0 unspecified atom stereocenters. The molecule has 3 atom stereocenters. The summed E-state index contributed by atoms with van der Waals surface area (Å²) in [5.41, 5.74) is 5.33. The predicted molar refractivity (Wildman–Crippen MR) is 120 cm³/mol. The Bertz CT molecular complexity index is 1020. The van der Waals surface area contributed by atoms with Crippen molar-refractivity contribution >= 4 is 24.5 Å². The third kappa shape index (κ3) is 4.56. The molecule has 34 heavy (non-hydrogen) atoms. The molecule has 12 nitrogen and oxygen atoms in total. The molecule has 1 saturated carbocycles. The summed E-state index contributed by atoms with van der Waals surface area (Å²) in [7, 11) is 3.18. The van der Waals surface area contributed by atoms with Gasteiger partial charge in [-0.15, -0.1) is 0 Å². The van der Waals surface area contributed by atoms with Crippen LogP contribution < -0.4 is 20.4 Å². The lowest BCUT2D eigenvalue weighted by Gasteiger charge is -2.43. The molecule has 0 aromatic heterocycles. The first-order valence-corrected chi connectivity index (χ1v) is 11.1. The molecular formula is C21H30BN4O8-. The van der Waals surface area contributed by atoms with Gasteiger partial charge >= 0.3 is 12.7 Å². The second-order valence-corrected chi connectivity index (χ2v) is 9.87. The highest BCUT2D eigenvalue weighted by molar-refractivity contribution is 6.62. The van der Waals surface area contributed by atoms with E-state index in [9.17, 15) is 29.5 Å². The number of nitrogens with two attached hydrogens (primary N) is 1. The van der Waals surface area contributed by atoms with Crippen molar-refractivity contribution in [2.45, 2.75) is 36.7 Å². The molecule has 1 aliphatic carbocycles. The predicted octanol–water partition coefficient (Wildman–Crippen LogP) is -1.46. The molecule has 0 bridgehead atoms.